The molecular formula is C25H32ClN3O2. The number of nitrogens with zero attached hydrogens (tertiary/aromatic N) is 2. The fourth-order valence-electron chi connectivity index (χ4n) is 4.89. The molecule has 0 aromatic heterocycles. The summed E-state index contributed by atoms with van der Waals surface area (Å²) in [6, 6.07) is 15.8. The minimum Gasteiger partial charge on any atom is -0.497 e. The maximum absolute atomic E-state index is 12.7. The summed E-state index contributed by atoms with van der Waals surface area (Å²) in [4.78, 5) is 17.2. The van der Waals surface area contributed by atoms with Gasteiger partial charge in [0.1, 0.15) is 5.75 Å². The van der Waals surface area contributed by atoms with E-state index in [9.17, 15) is 4.79 Å². The van der Waals surface area contributed by atoms with Gasteiger partial charge in [0.15, 0.2) is 0 Å². The Hall–Kier alpha value is -2.08. The van der Waals surface area contributed by atoms with E-state index in [1.54, 1.807) is 7.11 Å². The molecule has 1 amide bonds. The Balaban J connectivity index is 1.26. The van der Waals surface area contributed by atoms with Gasteiger partial charge in [0, 0.05) is 30.6 Å². The number of carbonyl (C=O) groups excluding carboxylic acids is 1. The molecule has 1 atom stereocenters. The van der Waals surface area contributed by atoms with Crippen LogP contribution >= 0.6 is 11.6 Å². The van der Waals surface area contributed by atoms with Crippen LogP contribution in [0.3, 0.4) is 0 Å². The van der Waals surface area contributed by atoms with Crippen LogP contribution in [-0.2, 0) is 11.3 Å². The third kappa shape index (κ3) is 5.40. The number of hydrogen-bond donors (Lipinski definition) is 1. The quantitative estimate of drug-likeness (QED) is 0.697. The lowest BCUT2D eigenvalue weighted by Gasteiger charge is -2.39. The molecule has 2 saturated heterocycles. The fraction of sp³-hybridized carbons (Fsp3) is 0.480. The third-order valence-corrected chi connectivity index (χ3v) is 7.12. The number of benzene rings is 2. The predicted octanol–water partition coefficient (Wildman–Crippen LogP) is 4.25. The van der Waals surface area contributed by atoms with Crippen molar-refractivity contribution in [3.63, 3.8) is 0 Å². The first-order valence-electron chi connectivity index (χ1n) is 11.1. The minimum absolute atomic E-state index is 0.00244. The van der Waals surface area contributed by atoms with E-state index in [0.29, 0.717) is 13.0 Å². The molecule has 2 aromatic rings. The summed E-state index contributed by atoms with van der Waals surface area (Å²) in [7, 11) is 1.67. The van der Waals surface area contributed by atoms with Gasteiger partial charge in [0.05, 0.1) is 7.11 Å². The van der Waals surface area contributed by atoms with E-state index in [-0.39, 0.29) is 17.4 Å². The highest BCUT2D eigenvalue weighted by Crippen LogP contribution is 2.41. The zero-order valence-electron chi connectivity index (χ0n) is 18.2. The first-order valence-corrected chi connectivity index (χ1v) is 11.5. The number of likely N-dealkylation sites (tertiary alicyclic amines) is 2. The van der Waals surface area contributed by atoms with Crippen molar-refractivity contribution < 1.29 is 9.53 Å². The standard InChI is InChI=1S/C25H32ClN3O2/c1-31-22-7-5-19(6-8-22)17-29-18-25(16-24(29)30)10-13-28(14-11-25)12-9-23(27)20-3-2-4-21(26)15-20/h2-8,15,23H,9-14,16-18,27H2,1H3/t23-/m0/s1. The minimum atomic E-state index is 0.00244. The van der Waals surface area contributed by atoms with Crippen LogP contribution < -0.4 is 10.5 Å². The number of piperidine rings is 1. The Kier molecular flexibility index (Phi) is 6.85. The summed E-state index contributed by atoms with van der Waals surface area (Å²) in [5, 5.41) is 0.734. The second-order valence-corrected chi connectivity index (χ2v) is 9.50. The molecule has 2 N–H and O–H groups in total. The van der Waals surface area contributed by atoms with Crippen molar-refractivity contribution in [1.82, 2.24) is 9.80 Å². The number of halogens is 1. The molecule has 2 heterocycles. The summed E-state index contributed by atoms with van der Waals surface area (Å²) >= 11 is 6.09. The van der Waals surface area contributed by atoms with Crippen LogP contribution in [0, 0.1) is 5.41 Å². The summed E-state index contributed by atoms with van der Waals surface area (Å²) in [5.41, 5.74) is 8.76. The van der Waals surface area contributed by atoms with Gasteiger partial charge in [-0.05, 0) is 79.7 Å². The lowest BCUT2D eigenvalue weighted by Crippen LogP contribution is -2.42. The molecule has 31 heavy (non-hydrogen) atoms. The first kappa shape index (κ1) is 22.1. The van der Waals surface area contributed by atoms with E-state index in [1.165, 1.54) is 0 Å². The molecule has 2 aromatic carbocycles. The van der Waals surface area contributed by atoms with Crippen LogP contribution in [0.2, 0.25) is 5.02 Å². The van der Waals surface area contributed by atoms with Crippen molar-refractivity contribution in [3.8, 4) is 5.75 Å². The predicted molar refractivity (Wildman–Crippen MR) is 124 cm³/mol. The van der Waals surface area contributed by atoms with Gasteiger partial charge in [-0.1, -0.05) is 35.9 Å². The molecule has 166 valence electrons. The maximum atomic E-state index is 12.7. The second kappa shape index (κ2) is 9.60. The zero-order valence-corrected chi connectivity index (χ0v) is 19.0. The van der Waals surface area contributed by atoms with Gasteiger partial charge in [-0.3, -0.25) is 4.79 Å². The van der Waals surface area contributed by atoms with Gasteiger partial charge in [0.2, 0.25) is 5.91 Å². The van der Waals surface area contributed by atoms with Crippen molar-refractivity contribution in [2.45, 2.75) is 38.3 Å². The Morgan fingerprint density at radius 1 is 1.16 bits per heavy atom. The van der Waals surface area contributed by atoms with E-state index >= 15 is 0 Å². The lowest BCUT2D eigenvalue weighted by atomic mass is 9.77. The van der Waals surface area contributed by atoms with Crippen LogP contribution in [0.1, 0.15) is 42.9 Å². The number of hydrogen-bond acceptors (Lipinski definition) is 4. The molecule has 0 saturated carbocycles. The van der Waals surface area contributed by atoms with E-state index in [4.69, 9.17) is 22.1 Å². The highest BCUT2D eigenvalue weighted by Gasteiger charge is 2.44. The Bertz CT molecular complexity index is 894. The molecular weight excluding hydrogens is 410 g/mol. The molecule has 4 rings (SSSR count). The van der Waals surface area contributed by atoms with Gasteiger partial charge >= 0.3 is 0 Å². The van der Waals surface area contributed by atoms with E-state index in [2.05, 4.69) is 4.90 Å². The SMILES string of the molecule is COc1ccc(CN2CC3(CCN(CC[C@H](N)c4cccc(Cl)c4)CC3)CC2=O)cc1. The maximum Gasteiger partial charge on any atom is 0.223 e. The summed E-state index contributed by atoms with van der Waals surface area (Å²) < 4.78 is 5.23. The van der Waals surface area contributed by atoms with E-state index in [1.807, 2.05) is 53.4 Å². The number of methoxy groups -OCH3 is 1. The van der Waals surface area contributed by atoms with Gasteiger partial charge in [-0.25, -0.2) is 0 Å². The molecule has 0 aliphatic carbocycles. The number of carbonyl (C=O) groups is 1. The Morgan fingerprint density at radius 3 is 2.58 bits per heavy atom. The van der Waals surface area contributed by atoms with Crippen molar-refractivity contribution >= 4 is 17.5 Å². The van der Waals surface area contributed by atoms with Crippen LogP contribution in [-0.4, -0.2) is 49.0 Å². The van der Waals surface area contributed by atoms with Gasteiger partial charge < -0.3 is 20.3 Å². The molecule has 2 aliphatic rings. The van der Waals surface area contributed by atoms with Gasteiger partial charge in [0.25, 0.3) is 0 Å². The van der Waals surface area contributed by atoms with Crippen molar-refractivity contribution in [1.29, 1.82) is 0 Å². The van der Waals surface area contributed by atoms with Crippen molar-refractivity contribution in [2.24, 2.45) is 11.1 Å². The Labute approximate surface area is 190 Å². The van der Waals surface area contributed by atoms with Gasteiger partial charge in [-0.15, -0.1) is 0 Å². The van der Waals surface area contributed by atoms with Crippen LogP contribution in [0.5, 0.6) is 5.75 Å². The Morgan fingerprint density at radius 2 is 1.90 bits per heavy atom. The van der Waals surface area contributed by atoms with E-state index in [0.717, 1.165) is 67.3 Å². The average molecular weight is 442 g/mol. The highest BCUT2D eigenvalue weighted by molar-refractivity contribution is 6.30. The largest absolute Gasteiger partial charge is 0.497 e. The third-order valence-electron chi connectivity index (χ3n) is 6.89. The molecule has 5 nitrogen and oxygen atoms in total. The number of ether oxygens (including phenoxy) is 1. The topological polar surface area (TPSA) is 58.8 Å². The summed E-state index contributed by atoms with van der Waals surface area (Å²) in [6.45, 7) is 4.60. The highest BCUT2D eigenvalue weighted by atomic mass is 35.5. The van der Waals surface area contributed by atoms with E-state index < -0.39 is 0 Å². The van der Waals surface area contributed by atoms with Crippen LogP contribution in [0.25, 0.3) is 0 Å². The fourth-order valence-corrected chi connectivity index (χ4v) is 5.09. The number of nitrogens with two attached hydrogens (primary N) is 1. The van der Waals surface area contributed by atoms with Crippen LogP contribution in [0.4, 0.5) is 0 Å². The van der Waals surface area contributed by atoms with Crippen molar-refractivity contribution in [2.75, 3.05) is 33.3 Å². The summed E-state index contributed by atoms with van der Waals surface area (Å²) in [6.07, 6.45) is 3.74. The summed E-state index contributed by atoms with van der Waals surface area (Å²) in [5.74, 6) is 1.13. The smallest absolute Gasteiger partial charge is 0.223 e. The first-order chi connectivity index (χ1) is 15.0. The zero-order chi connectivity index (χ0) is 21.8. The number of amides is 1. The van der Waals surface area contributed by atoms with Crippen molar-refractivity contribution in [3.05, 3.63) is 64.7 Å². The molecule has 6 heteroatoms. The number of rotatable bonds is 7. The lowest BCUT2D eigenvalue weighted by molar-refractivity contribution is -0.128. The monoisotopic (exact) mass is 441 g/mol. The molecule has 0 radical (unpaired) electrons. The molecule has 0 unspecified atom stereocenters. The molecule has 0 bridgehead atoms. The van der Waals surface area contributed by atoms with Crippen LogP contribution in [0.15, 0.2) is 48.5 Å². The molecule has 1 spiro atoms. The normalized spacial score (nSPS) is 19.7. The average Bonchev–Trinajstić information content (AvgIpc) is 3.08. The molecule has 2 fully saturated rings. The second-order valence-electron chi connectivity index (χ2n) is 9.07. The molecule has 2 aliphatic heterocycles. The van der Waals surface area contributed by atoms with Gasteiger partial charge in [-0.2, -0.15) is 0 Å².